The number of nitrogens with one attached hydrogen (secondary N) is 1. The molecule has 0 atom stereocenters. The van der Waals surface area contributed by atoms with Crippen molar-refractivity contribution in [1.82, 2.24) is 5.32 Å². The summed E-state index contributed by atoms with van der Waals surface area (Å²) in [5, 5.41) is 3.16. The lowest BCUT2D eigenvalue weighted by Crippen LogP contribution is -2.08. The van der Waals surface area contributed by atoms with E-state index in [4.69, 9.17) is 9.47 Å². The highest BCUT2D eigenvalue weighted by Gasteiger charge is 2.00. The Morgan fingerprint density at radius 3 is 2.56 bits per heavy atom. The first-order chi connectivity index (χ1) is 7.88. The molecule has 0 unspecified atom stereocenters. The lowest BCUT2D eigenvalue weighted by Gasteiger charge is -2.09. The second-order valence-electron chi connectivity index (χ2n) is 3.70. The minimum atomic E-state index is 0.682. The zero-order valence-electron chi connectivity index (χ0n) is 10.2. The topological polar surface area (TPSA) is 30.5 Å². The van der Waals surface area contributed by atoms with Crippen molar-refractivity contribution in [2.24, 2.45) is 0 Å². The van der Waals surface area contributed by atoms with Crippen LogP contribution in [0, 0.1) is 0 Å². The van der Waals surface area contributed by atoms with Crippen LogP contribution in [0.25, 0.3) is 0 Å². The lowest BCUT2D eigenvalue weighted by molar-refractivity contribution is 0.0924. The molecule has 0 bridgehead atoms. The fourth-order valence-corrected chi connectivity index (χ4v) is 1.55. The molecule has 16 heavy (non-hydrogen) atoms. The van der Waals surface area contributed by atoms with Gasteiger partial charge in [-0.15, -0.1) is 0 Å². The summed E-state index contributed by atoms with van der Waals surface area (Å²) in [4.78, 5) is 0. The van der Waals surface area contributed by atoms with Crippen LogP contribution in [-0.4, -0.2) is 27.4 Å². The van der Waals surface area contributed by atoms with Gasteiger partial charge < -0.3 is 14.8 Å². The van der Waals surface area contributed by atoms with E-state index in [0.717, 1.165) is 26.2 Å². The van der Waals surface area contributed by atoms with Gasteiger partial charge in [0, 0.05) is 26.9 Å². The second kappa shape index (κ2) is 8.28. The van der Waals surface area contributed by atoms with E-state index in [2.05, 4.69) is 23.5 Å². The second-order valence-corrected chi connectivity index (χ2v) is 3.70. The van der Waals surface area contributed by atoms with Gasteiger partial charge in [0.2, 0.25) is 0 Å². The molecule has 3 heteroatoms. The summed E-state index contributed by atoms with van der Waals surface area (Å²) in [6.07, 6.45) is 0.949. The quantitative estimate of drug-likeness (QED) is 0.683. The zero-order valence-corrected chi connectivity index (χ0v) is 10.2. The molecule has 0 radical (unpaired) electrons. The van der Waals surface area contributed by atoms with Crippen molar-refractivity contribution >= 4 is 0 Å². The summed E-state index contributed by atoms with van der Waals surface area (Å²) in [7, 11) is 3.67. The summed E-state index contributed by atoms with van der Waals surface area (Å²) in [5.74, 6) is 0. The molecule has 0 heterocycles. The SMILES string of the molecule is CNCc1ccccc1COCCCOC. The molecule has 0 amide bonds. The van der Waals surface area contributed by atoms with Gasteiger partial charge in [-0.3, -0.25) is 0 Å². The standard InChI is InChI=1S/C13H21NO2/c1-14-10-12-6-3-4-7-13(12)11-16-9-5-8-15-2/h3-4,6-7,14H,5,8-11H2,1-2H3. The zero-order chi connectivity index (χ0) is 11.6. The number of rotatable bonds is 8. The third-order valence-corrected chi connectivity index (χ3v) is 2.38. The molecule has 0 aliphatic rings. The summed E-state index contributed by atoms with van der Waals surface area (Å²) >= 11 is 0. The van der Waals surface area contributed by atoms with E-state index in [-0.39, 0.29) is 0 Å². The van der Waals surface area contributed by atoms with E-state index in [1.165, 1.54) is 11.1 Å². The average molecular weight is 223 g/mol. The molecule has 90 valence electrons. The highest BCUT2D eigenvalue weighted by Crippen LogP contribution is 2.09. The molecule has 0 saturated carbocycles. The van der Waals surface area contributed by atoms with Gasteiger partial charge in [0.05, 0.1) is 6.61 Å². The highest BCUT2D eigenvalue weighted by molar-refractivity contribution is 5.26. The van der Waals surface area contributed by atoms with E-state index in [1.807, 2.05) is 13.1 Å². The highest BCUT2D eigenvalue weighted by atomic mass is 16.5. The summed E-state index contributed by atoms with van der Waals surface area (Å²) < 4.78 is 10.6. The molecule has 3 nitrogen and oxygen atoms in total. The van der Waals surface area contributed by atoms with Crippen LogP contribution in [0.4, 0.5) is 0 Å². The van der Waals surface area contributed by atoms with Crippen molar-refractivity contribution in [2.75, 3.05) is 27.4 Å². The van der Waals surface area contributed by atoms with Crippen LogP contribution < -0.4 is 5.32 Å². The fraction of sp³-hybridized carbons (Fsp3) is 0.538. The van der Waals surface area contributed by atoms with Crippen LogP contribution in [0.1, 0.15) is 17.5 Å². The molecule has 0 aliphatic heterocycles. The molecule has 1 aromatic rings. The first kappa shape index (κ1) is 13.2. The van der Waals surface area contributed by atoms with Gasteiger partial charge in [-0.05, 0) is 24.6 Å². The van der Waals surface area contributed by atoms with Gasteiger partial charge in [0.1, 0.15) is 0 Å². The minimum Gasteiger partial charge on any atom is -0.385 e. The van der Waals surface area contributed by atoms with E-state index in [1.54, 1.807) is 7.11 Å². The monoisotopic (exact) mass is 223 g/mol. The molecule has 0 saturated heterocycles. The molecule has 1 rings (SSSR count). The Morgan fingerprint density at radius 1 is 1.12 bits per heavy atom. The number of methoxy groups -OCH3 is 1. The summed E-state index contributed by atoms with van der Waals surface area (Å²) in [6, 6.07) is 8.35. The first-order valence-electron chi connectivity index (χ1n) is 5.66. The van der Waals surface area contributed by atoms with Crippen molar-refractivity contribution in [1.29, 1.82) is 0 Å². The smallest absolute Gasteiger partial charge is 0.0720 e. The Bertz CT molecular complexity index is 289. The molecular formula is C13H21NO2. The van der Waals surface area contributed by atoms with E-state index in [0.29, 0.717) is 6.61 Å². The first-order valence-corrected chi connectivity index (χ1v) is 5.66. The Kier molecular flexibility index (Phi) is 6.81. The molecule has 0 fully saturated rings. The maximum Gasteiger partial charge on any atom is 0.0720 e. The van der Waals surface area contributed by atoms with Crippen molar-refractivity contribution in [2.45, 2.75) is 19.6 Å². The largest absolute Gasteiger partial charge is 0.385 e. The third-order valence-electron chi connectivity index (χ3n) is 2.38. The number of benzene rings is 1. The van der Waals surface area contributed by atoms with Gasteiger partial charge in [-0.2, -0.15) is 0 Å². The lowest BCUT2D eigenvalue weighted by atomic mass is 10.1. The Balaban J connectivity index is 2.34. The Morgan fingerprint density at radius 2 is 1.88 bits per heavy atom. The van der Waals surface area contributed by atoms with Crippen molar-refractivity contribution < 1.29 is 9.47 Å². The number of hydrogen-bond acceptors (Lipinski definition) is 3. The average Bonchev–Trinajstić information content (AvgIpc) is 2.31. The van der Waals surface area contributed by atoms with Gasteiger partial charge in [-0.1, -0.05) is 24.3 Å². The predicted octanol–water partition coefficient (Wildman–Crippen LogP) is 1.96. The fourth-order valence-electron chi connectivity index (χ4n) is 1.55. The van der Waals surface area contributed by atoms with Crippen LogP contribution in [-0.2, 0) is 22.6 Å². The predicted molar refractivity (Wildman–Crippen MR) is 65.4 cm³/mol. The summed E-state index contributed by atoms with van der Waals surface area (Å²) in [6.45, 7) is 3.08. The summed E-state index contributed by atoms with van der Waals surface area (Å²) in [5.41, 5.74) is 2.56. The van der Waals surface area contributed by atoms with E-state index in [9.17, 15) is 0 Å². The number of hydrogen-bond donors (Lipinski definition) is 1. The van der Waals surface area contributed by atoms with Crippen molar-refractivity contribution in [3.8, 4) is 0 Å². The maximum atomic E-state index is 5.60. The van der Waals surface area contributed by atoms with Gasteiger partial charge >= 0.3 is 0 Å². The molecule has 1 N–H and O–H groups in total. The number of ether oxygens (including phenoxy) is 2. The van der Waals surface area contributed by atoms with Gasteiger partial charge in [-0.25, -0.2) is 0 Å². The van der Waals surface area contributed by atoms with Crippen LogP contribution >= 0.6 is 0 Å². The van der Waals surface area contributed by atoms with Crippen LogP contribution in [0.15, 0.2) is 24.3 Å². The maximum absolute atomic E-state index is 5.60. The van der Waals surface area contributed by atoms with E-state index >= 15 is 0 Å². The molecule has 0 spiro atoms. The van der Waals surface area contributed by atoms with Crippen LogP contribution in [0.3, 0.4) is 0 Å². The molecule has 0 aliphatic carbocycles. The normalized spacial score (nSPS) is 10.6. The van der Waals surface area contributed by atoms with Crippen molar-refractivity contribution in [3.05, 3.63) is 35.4 Å². The Hall–Kier alpha value is -0.900. The third kappa shape index (κ3) is 4.75. The van der Waals surface area contributed by atoms with Gasteiger partial charge in [0.25, 0.3) is 0 Å². The van der Waals surface area contributed by atoms with Gasteiger partial charge in [0.15, 0.2) is 0 Å². The molecular weight excluding hydrogens is 202 g/mol. The van der Waals surface area contributed by atoms with Crippen LogP contribution in [0.5, 0.6) is 0 Å². The molecule has 1 aromatic carbocycles. The van der Waals surface area contributed by atoms with E-state index < -0.39 is 0 Å². The van der Waals surface area contributed by atoms with Crippen LogP contribution in [0.2, 0.25) is 0 Å². The minimum absolute atomic E-state index is 0.682. The Labute approximate surface area is 97.8 Å². The van der Waals surface area contributed by atoms with Crippen molar-refractivity contribution in [3.63, 3.8) is 0 Å². The molecule has 0 aromatic heterocycles.